The molecular formula is C15H31ClN2O. The number of rotatable bonds is 8. The van der Waals surface area contributed by atoms with Crippen molar-refractivity contribution in [1.29, 1.82) is 0 Å². The zero-order chi connectivity index (χ0) is 13.2. The highest BCUT2D eigenvalue weighted by Gasteiger charge is 2.15. The van der Waals surface area contributed by atoms with Gasteiger partial charge in [-0.2, -0.15) is 0 Å². The zero-order valence-corrected chi connectivity index (χ0v) is 13.4. The first kappa shape index (κ1) is 18.7. The Kier molecular flexibility index (Phi) is 11.4. The summed E-state index contributed by atoms with van der Waals surface area (Å²) in [5.74, 6) is 1.47. The number of hydrogen-bond donors (Lipinski definition) is 2. The molecule has 1 amide bonds. The van der Waals surface area contributed by atoms with Crippen molar-refractivity contribution < 1.29 is 4.79 Å². The van der Waals surface area contributed by atoms with Crippen molar-refractivity contribution in [3.63, 3.8) is 0 Å². The molecule has 114 valence electrons. The van der Waals surface area contributed by atoms with Crippen LogP contribution in [0.4, 0.5) is 0 Å². The highest BCUT2D eigenvalue weighted by molar-refractivity contribution is 5.85. The fourth-order valence-corrected chi connectivity index (χ4v) is 2.63. The van der Waals surface area contributed by atoms with E-state index in [1.807, 2.05) is 0 Å². The summed E-state index contributed by atoms with van der Waals surface area (Å²) in [4.78, 5) is 11.9. The van der Waals surface area contributed by atoms with Gasteiger partial charge in [0.15, 0.2) is 0 Å². The predicted octanol–water partition coefficient (Wildman–Crippen LogP) is 3.13. The van der Waals surface area contributed by atoms with Crippen LogP contribution < -0.4 is 10.6 Å². The molecule has 1 fully saturated rings. The first-order valence-corrected chi connectivity index (χ1v) is 7.73. The van der Waals surface area contributed by atoms with Crippen LogP contribution in [0.3, 0.4) is 0 Å². The molecule has 1 aliphatic heterocycles. The molecule has 1 heterocycles. The van der Waals surface area contributed by atoms with Gasteiger partial charge in [-0.15, -0.1) is 12.4 Å². The number of halogens is 1. The minimum absolute atomic E-state index is 0. The van der Waals surface area contributed by atoms with Crippen LogP contribution in [0.1, 0.15) is 58.8 Å². The SMILES string of the molecule is CCCCC(CC)CC(=O)NCC1CCCNC1.Cl. The number of carbonyl (C=O) groups excluding carboxylic acids is 1. The standard InChI is InChI=1S/C15H30N2O.ClH/c1-3-5-7-13(4-2)10-15(18)17-12-14-8-6-9-16-11-14;/h13-14,16H,3-12H2,1-2H3,(H,17,18);1H. The quantitative estimate of drug-likeness (QED) is 0.721. The van der Waals surface area contributed by atoms with Crippen LogP contribution in [0.2, 0.25) is 0 Å². The van der Waals surface area contributed by atoms with Crippen molar-refractivity contribution in [3.8, 4) is 0 Å². The van der Waals surface area contributed by atoms with Crippen LogP contribution in [0.5, 0.6) is 0 Å². The van der Waals surface area contributed by atoms with Crippen LogP contribution in [0.15, 0.2) is 0 Å². The minimum Gasteiger partial charge on any atom is -0.356 e. The second-order valence-electron chi connectivity index (χ2n) is 5.64. The molecule has 2 atom stereocenters. The summed E-state index contributed by atoms with van der Waals surface area (Å²) >= 11 is 0. The van der Waals surface area contributed by atoms with Gasteiger partial charge in [0.05, 0.1) is 0 Å². The number of amides is 1. The molecule has 0 radical (unpaired) electrons. The second kappa shape index (κ2) is 11.5. The van der Waals surface area contributed by atoms with Gasteiger partial charge in [0.2, 0.25) is 5.91 Å². The summed E-state index contributed by atoms with van der Waals surface area (Å²) in [6, 6.07) is 0. The van der Waals surface area contributed by atoms with Gasteiger partial charge < -0.3 is 10.6 Å². The Morgan fingerprint density at radius 2 is 2.21 bits per heavy atom. The molecule has 0 aromatic rings. The molecule has 1 rings (SSSR count). The van der Waals surface area contributed by atoms with Gasteiger partial charge in [-0.1, -0.05) is 33.1 Å². The van der Waals surface area contributed by atoms with Crippen molar-refractivity contribution in [2.75, 3.05) is 19.6 Å². The first-order chi connectivity index (χ1) is 8.76. The number of carbonyl (C=O) groups is 1. The van der Waals surface area contributed by atoms with Gasteiger partial charge >= 0.3 is 0 Å². The van der Waals surface area contributed by atoms with Crippen molar-refractivity contribution >= 4 is 18.3 Å². The lowest BCUT2D eigenvalue weighted by Gasteiger charge is -2.23. The van der Waals surface area contributed by atoms with E-state index in [1.54, 1.807) is 0 Å². The maximum absolute atomic E-state index is 11.9. The van der Waals surface area contributed by atoms with E-state index in [0.717, 1.165) is 32.5 Å². The molecule has 0 aromatic carbocycles. The van der Waals surface area contributed by atoms with Crippen molar-refractivity contribution in [1.82, 2.24) is 10.6 Å². The molecule has 4 heteroatoms. The Bertz CT molecular complexity index is 230. The normalized spacial score (nSPS) is 20.4. The molecular weight excluding hydrogens is 260 g/mol. The van der Waals surface area contributed by atoms with E-state index in [9.17, 15) is 4.79 Å². The molecule has 2 N–H and O–H groups in total. The fraction of sp³-hybridized carbons (Fsp3) is 0.933. The molecule has 0 saturated carbocycles. The van der Waals surface area contributed by atoms with Crippen LogP contribution in [0, 0.1) is 11.8 Å². The van der Waals surface area contributed by atoms with E-state index in [-0.39, 0.29) is 18.3 Å². The molecule has 2 unspecified atom stereocenters. The van der Waals surface area contributed by atoms with E-state index in [4.69, 9.17) is 0 Å². The van der Waals surface area contributed by atoms with Gasteiger partial charge in [0, 0.05) is 13.0 Å². The van der Waals surface area contributed by atoms with Gasteiger partial charge in [0.1, 0.15) is 0 Å². The molecule has 1 saturated heterocycles. The maximum atomic E-state index is 11.9. The summed E-state index contributed by atoms with van der Waals surface area (Å²) in [7, 11) is 0. The van der Waals surface area contributed by atoms with Crippen molar-refractivity contribution in [2.24, 2.45) is 11.8 Å². The lowest BCUT2D eigenvalue weighted by Crippen LogP contribution is -2.38. The largest absolute Gasteiger partial charge is 0.356 e. The van der Waals surface area contributed by atoms with Gasteiger partial charge in [-0.05, 0) is 44.2 Å². The predicted molar refractivity (Wildman–Crippen MR) is 83.8 cm³/mol. The van der Waals surface area contributed by atoms with Crippen LogP contribution in [-0.2, 0) is 4.79 Å². The van der Waals surface area contributed by atoms with E-state index >= 15 is 0 Å². The van der Waals surface area contributed by atoms with Gasteiger partial charge in [-0.25, -0.2) is 0 Å². The molecule has 0 spiro atoms. The molecule has 0 aromatic heterocycles. The minimum atomic E-state index is 0. The third-order valence-corrected chi connectivity index (χ3v) is 4.00. The zero-order valence-electron chi connectivity index (χ0n) is 12.5. The Morgan fingerprint density at radius 3 is 2.79 bits per heavy atom. The van der Waals surface area contributed by atoms with Crippen LogP contribution in [-0.4, -0.2) is 25.5 Å². The topological polar surface area (TPSA) is 41.1 Å². The second-order valence-corrected chi connectivity index (χ2v) is 5.64. The van der Waals surface area contributed by atoms with E-state index in [1.165, 1.54) is 32.1 Å². The average molecular weight is 291 g/mol. The Morgan fingerprint density at radius 1 is 1.42 bits per heavy atom. The van der Waals surface area contributed by atoms with Crippen LogP contribution in [0.25, 0.3) is 0 Å². The summed E-state index contributed by atoms with van der Waals surface area (Å²) in [5.41, 5.74) is 0. The van der Waals surface area contributed by atoms with E-state index < -0.39 is 0 Å². The smallest absolute Gasteiger partial charge is 0.220 e. The van der Waals surface area contributed by atoms with Crippen LogP contribution >= 0.6 is 12.4 Å². The summed E-state index contributed by atoms with van der Waals surface area (Å²) in [5, 5.41) is 6.50. The first-order valence-electron chi connectivity index (χ1n) is 7.73. The number of hydrogen-bond acceptors (Lipinski definition) is 2. The third-order valence-electron chi connectivity index (χ3n) is 4.00. The highest BCUT2D eigenvalue weighted by atomic mass is 35.5. The number of piperidine rings is 1. The monoisotopic (exact) mass is 290 g/mol. The third kappa shape index (κ3) is 8.48. The summed E-state index contributed by atoms with van der Waals surface area (Å²) in [6.45, 7) is 7.46. The molecule has 1 aliphatic rings. The van der Waals surface area contributed by atoms with Gasteiger partial charge in [0.25, 0.3) is 0 Å². The molecule has 19 heavy (non-hydrogen) atoms. The lowest BCUT2D eigenvalue weighted by molar-refractivity contribution is -0.122. The molecule has 0 bridgehead atoms. The summed E-state index contributed by atoms with van der Waals surface area (Å²) in [6.07, 6.45) is 8.01. The van der Waals surface area contributed by atoms with Gasteiger partial charge in [-0.3, -0.25) is 4.79 Å². The average Bonchev–Trinajstić information content (AvgIpc) is 2.42. The van der Waals surface area contributed by atoms with E-state index in [0.29, 0.717) is 11.8 Å². The Balaban J connectivity index is 0.00000324. The molecule has 0 aliphatic carbocycles. The molecule has 3 nitrogen and oxygen atoms in total. The van der Waals surface area contributed by atoms with Crippen molar-refractivity contribution in [3.05, 3.63) is 0 Å². The maximum Gasteiger partial charge on any atom is 0.220 e. The Labute approximate surface area is 124 Å². The Hall–Kier alpha value is -0.280. The van der Waals surface area contributed by atoms with E-state index in [2.05, 4.69) is 24.5 Å². The highest BCUT2D eigenvalue weighted by Crippen LogP contribution is 2.16. The van der Waals surface area contributed by atoms with Crippen molar-refractivity contribution in [2.45, 2.75) is 58.8 Å². The number of nitrogens with one attached hydrogen (secondary N) is 2. The summed E-state index contributed by atoms with van der Waals surface area (Å²) < 4.78 is 0. The number of unbranched alkanes of at least 4 members (excludes halogenated alkanes) is 1. The fourth-order valence-electron chi connectivity index (χ4n) is 2.63. The lowest BCUT2D eigenvalue weighted by atomic mass is 9.95.